The van der Waals surface area contributed by atoms with Crippen molar-refractivity contribution in [3.63, 3.8) is 0 Å². The number of primary sulfonamides is 1. The van der Waals surface area contributed by atoms with E-state index in [1.807, 2.05) is 22.7 Å². The van der Waals surface area contributed by atoms with Crippen molar-refractivity contribution in [3.8, 4) is 0 Å². The van der Waals surface area contributed by atoms with Gasteiger partial charge in [0.2, 0.25) is 20.0 Å². The molecule has 1 aliphatic heterocycles. The molecule has 1 aliphatic rings. The Hall–Kier alpha value is -3.43. The van der Waals surface area contributed by atoms with Gasteiger partial charge in [-0.3, -0.25) is 5.41 Å². The fourth-order valence-corrected chi connectivity index (χ4v) is 6.22. The highest BCUT2D eigenvalue weighted by atomic mass is 32.2. The summed E-state index contributed by atoms with van der Waals surface area (Å²) in [7, 11) is -7.69. The molecule has 3 aromatic rings. The van der Waals surface area contributed by atoms with Crippen LogP contribution >= 0.6 is 11.8 Å². The summed E-state index contributed by atoms with van der Waals surface area (Å²) in [5.41, 5.74) is 2.18. The van der Waals surface area contributed by atoms with E-state index in [2.05, 4.69) is 15.4 Å². The quantitative estimate of drug-likeness (QED) is 0.199. The van der Waals surface area contributed by atoms with Crippen molar-refractivity contribution in [2.75, 3.05) is 35.2 Å². The molecular formula is C25H28N6O5S3. The third kappa shape index (κ3) is 7.80. The van der Waals surface area contributed by atoms with Crippen LogP contribution in [0.1, 0.15) is 11.1 Å². The molecule has 39 heavy (non-hydrogen) atoms. The number of hydrogen-bond donors (Lipinski definition) is 5. The number of thioether (sulfide) groups is 1. The van der Waals surface area contributed by atoms with Crippen LogP contribution < -0.4 is 20.5 Å². The lowest BCUT2D eigenvalue weighted by atomic mass is 10.1. The number of sulfonamides is 2. The Bertz CT molecular complexity index is 1550. The van der Waals surface area contributed by atoms with Crippen molar-refractivity contribution in [3.05, 3.63) is 83.9 Å². The Morgan fingerprint density at radius 1 is 0.872 bits per heavy atom. The Balaban J connectivity index is 1.32. The van der Waals surface area contributed by atoms with Crippen LogP contribution in [0.3, 0.4) is 0 Å². The highest BCUT2D eigenvalue weighted by Crippen LogP contribution is 2.18. The Labute approximate surface area is 231 Å². The first-order valence-electron chi connectivity index (χ1n) is 11.8. The van der Waals surface area contributed by atoms with Crippen LogP contribution in [0.25, 0.3) is 0 Å². The second kappa shape index (κ2) is 12.2. The van der Waals surface area contributed by atoms with Crippen LogP contribution in [-0.4, -0.2) is 58.2 Å². The van der Waals surface area contributed by atoms with E-state index in [1.54, 1.807) is 18.2 Å². The number of nitrogens with two attached hydrogens (primary N) is 1. The molecule has 0 radical (unpaired) electrons. The maximum absolute atomic E-state index is 12.7. The van der Waals surface area contributed by atoms with Crippen LogP contribution in [0.2, 0.25) is 0 Å². The number of anilines is 2. The minimum absolute atomic E-state index is 0.00283. The second-order valence-corrected chi connectivity index (χ2v) is 13.2. The summed E-state index contributed by atoms with van der Waals surface area (Å²) in [4.78, 5) is 14.5. The molecule has 0 saturated carbocycles. The third-order valence-corrected chi connectivity index (χ3v) is 9.15. The van der Waals surface area contributed by atoms with Crippen LogP contribution in [-0.2, 0) is 26.6 Å². The predicted molar refractivity (Wildman–Crippen MR) is 153 cm³/mol. The number of nitrogens with one attached hydrogen (secondary N) is 4. The fraction of sp³-hybridized carbons (Fsp3) is 0.200. The minimum Gasteiger partial charge on any atom is -0.355 e. The largest absolute Gasteiger partial charge is 0.355 e. The van der Waals surface area contributed by atoms with Gasteiger partial charge in [-0.1, -0.05) is 24.3 Å². The Kier molecular flexibility index (Phi) is 8.92. The van der Waals surface area contributed by atoms with Gasteiger partial charge in [0.25, 0.3) is 0 Å². The van der Waals surface area contributed by atoms with Gasteiger partial charge in [-0.05, 0) is 54.1 Å². The van der Waals surface area contributed by atoms with Crippen molar-refractivity contribution in [1.29, 1.82) is 5.41 Å². The summed E-state index contributed by atoms with van der Waals surface area (Å²) in [6.07, 6.45) is 0. The van der Waals surface area contributed by atoms with Crippen molar-refractivity contribution in [1.82, 2.24) is 9.62 Å². The molecule has 0 atom stereocenters. The highest BCUT2D eigenvalue weighted by molar-refractivity contribution is 7.99. The number of rotatable bonds is 8. The molecule has 206 valence electrons. The number of nitrogens with zero attached hydrogens (tertiary/aromatic N) is 1. The predicted octanol–water partition coefficient (Wildman–Crippen LogP) is 2.83. The number of benzene rings is 3. The lowest BCUT2D eigenvalue weighted by Crippen LogP contribution is -2.37. The number of carbonyl (C=O) groups is 1. The molecule has 1 fully saturated rings. The molecule has 14 heteroatoms. The van der Waals surface area contributed by atoms with E-state index in [0.717, 1.165) is 24.6 Å². The van der Waals surface area contributed by atoms with Gasteiger partial charge in [-0.2, -0.15) is 11.8 Å². The van der Waals surface area contributed by atoms with Crippen LogP contribution in [0, 0.1) is 5.41 Å². The summed E-state index contributed by atoms with van der Waals surface area (Å²) in [5, 5.41) is 18.9. The topological polar surface area (TPSA) is 175 Å². The summed E-state index contributed by atoms with van der Waals surface area (Å²) in [5.74, 6) is 2.39. The molecule has 0 aliphatic carbocycles. The lowest BCUT2D eigenvalue weighted by Gasteiger charge is -2.28. The molecule has 0 unspecified atom stereocenters. The van der Waals surface area contributed by atoms with E-state index < -0.39 is 26.1 Å². The van der Waals surface area contributed by atoms with E-state index in [9.17, 15) is 21.6 Å². The smallest absolute Gasteiger partial charge is 0.323 e. The van der Waals surface area contributed by atoms with Crippen LogP contribution in [0.4, 0.5) is 16.2 Å². The Morgan fingerprint density at radius 3 is 2.13 bits per heavy atom. The number of urea groups is 1. The molecule has 3 aromatic carbocycles. The van der Waals surface area contributed by atoms with E-state index in [1.165, 1.54) is 48.5 Å². The average Bonchev–Trinajstić information content (AvgIpc) is 2.92. The van der Waals surface area contributed by atoms with Gasteiger partial charge in [0.1, 0.15) is 5.84 Å². The third-order valence-electron chi connectivity index (χ3n) is 5.86. The lowest BCUT2D eigenvalue weighted by molar-refractivity contribution is 0.262. The summed E-state index contributed by atoms with van der Waals surface area (Å²) < 4.78 is 50.5. The first-order valence-corrected chi connectivity index (χ1v) is 16.0. The molecular weight excluding hydrogens is 561 g/mol. The van der Waals surface area contributed by atoms with E-state index in [4.69, 9.17) is 10.5 Å². The van der Waals surface area contributed by atoms with Gasteiger partial charge < -0.3 is 15.5 Å². The number of hydrogen-bond acceptors (Lipinski definition) is 7. The zero-order chi connectivity index (χ0) is 28.0. The standard InChI is InChI=1S/C25H28N6O5S3/c26-24(31-12-14-37-15-13-31)19-2-1-3-21(16-19)30-25(32)29-20-6-10-23(11-7-20)39(35,36)28-17-18-4-8-22(9-5-18)38(27,33)34/h1-11,16,26,28H,12-15,17H2,(H2,27,33,34)(H2,29,30,32). The zero-order valence-electron chi connectivity index (χ0n) is 20.8. The number of amides is 2. The van der Waals surface area contributed by atoms with Gasteiger partial charge in [-0.15, -0.1) is 0 Å². The maximum Gasteiger partial charge on any atom is 0.323 e. The zero-order valence-corrected chi connectivity index (χ0v) is 23.2. The summed E-state index contributed by atoms with van der Waals surface area (Å²) >= 11 is 1.87. The SMILES string of the molecule is N=C(c1cccc(NC(=O)Nc2ccc(S(=O)(=O)NCc3ccc(S(N)(=O)=O)cc3)cc2)c1)N1CCSCC1. The van der Waals surface area contributed by atoms with Gasteiger partial charge >= 0.3 is 6.03 Å². The van der Waals surface area contributed by atoms with Crippen molar-refractivity contribution in [2.45, 2.75) is 16.3 Å². The number of amidine groups is 1. The highest BCUT2D eigenvalue weighted by Gasteiger charge is 2.17. The minimum atomic E-state index is -3.86. The average molecular weight is 589 g/mol. The van der Waals surface area contributed by atoms with E-state index in [0.29, 0.717) is 28.3 Å². The van der Waals surface area contributed by atoms with Crippen molar-refractivity contribution < 1.29 is 21.6 Å². The summed E-state index contributed by atoms with van der Waals surface area (Å²) in [6.45, 7) is 1.58. The van der Waals surface area contributed by atoms with Gasteiger partial charge in [-0.25, -0.2) is 31.5 Å². The molecule has 0 bridgehead atoms. The molecule has 11 nitrogen and oxygen atoms in total. The molecule has 1 saturated heterocycles. The van der Waals surface area contributed by atoms with Crippen LogP contribution in [0.5, 0.6) is 0 Å². The van der Waals surface area contributed by atoms with Crippen LogP contribution in [0.15, 0.2) is 82.6 Å². The van der Waals surface area contributed by atoms with E-state index >= 15 is 0 Å². The first kappa shape index (κ1) is 28.6. The monoisotopic (exact) mass is 588 g/mol. The Morgan fingerprint density at radius 2 is 1.49 bits per heavy atom. The van der Waals surface area contributed by atoms with Crippen molar-refractivity contribution >= 4 is 55.0 Å². The first-order chi connectivity index (χ1) is 18.5. The molecule has 1 heterocycles. The molecule has 0 aromatic heterocycles. The van der Waals surface area contributed by atoms with Gasteiger partial charge in [0, 0.05) is 48.1 Å². The summed E-state index contributed by atoms with van der Waals surface area (Å²) in [6, 6.07) is 17.8. The number of carbonyl (C=O) groups excluding carboxylic acids is 1. The van der Waals surface area contributed by atoms with E-state index in [-0.39, 0.29) is 16.3 Å². The van der Waals surface area contributed by atoms with Crippen molar-refractivity contribution in [2.24, 2.45) is 5.14 Å². The molecule has 6 N–H and O–H groups in total. The van der Waals surface area contributed by atoms with Gasteiger partial charge in [0.15, 0.2) is 0 Å². The maximum atomic E-state index is 12.7. The van der Waals surface area contributed by atoms with Gasteiger partial charge in [0.05, 0.1) is 9.79 Å². The molecule has 4 rings (SSSR count). The molecule has 0 spiro atoms. The fourth-order valence-electron chi connectivity index (χ4n) is 3.78. The molecule has 2 amide bonds. The normalized spacial score (nSPS) is 14.0. The second-order valence-electron chi connectivity index (χ2n) is 8.65.